The summed E-state index contributed by atoms with van der Waals surface area (Å²) in [5, 5.41) is 11.7. The molecule has 2 amide bonds. The molecule has 0 heterocycles. The standard InChI is InChI=1S/C23H24N2O5/c1-29-20-10-6-16(14-21(20)30-2)13-19(23(27)24-18-8-9-18)17-5-3-4-15(12-17)7-11-22(26)25-28/h3-7,10-14,18,28H,8-9H2,1-2H3,(H,24,27)(H,25,26). The fourth-order valence-electron chi connectivity index (χ4n) is 2.90. The number of hydrogen-bond acceptors (Lipinski definition) is 5. The second kappa shape index (κ2) is 9.76. The topological polar surface area (TPSA) is 96.9 Å². The van der Waals surface area contributed by atoms with Crippen molar-refractivity contribution in [3.05, 3.63) is 65.2 Å². The van der Waals surface area contributed by atoms with E-state index in [9.17, 15) is 9.59 Å². The normalized spacial score (nSPS) is 13.8. The molecule has 3 rings (SSSR count). The van der Waals surface area contributed by atoms with Gasteiger partial charge in [-0.3, -0.25) is 14.8 Å². The number of benzene rings is 2. The first-order valence-corrected chi connectivity index (χ1v) is 9.51. The summed E-state index contributed by atoms with van der Waals surface area (Å²) in [5.41, 5.74) is 4.25. The number of methoxy groups -OCH3 is 2. The van der Waals surface area contributed by atoms with Crippen LogP contribution in [0.25, 0.3) is 17.7 Å². The van der Waals surface area contributed by atoms with Crippen LogP contribution < -0.4 is 20.3 Å². The Hall–Kier alpha value is -3.58. The van der Waals surface area contributed by atoms with Gasteiger partial charge in [-0.05, 0) is 59.9 Å². The van der Waals surface area contributed by atoms with Crippen LogP contribution in [-0.4, -0.2) is 37.3 Å². The van der Waals surface area contributed by atoms with Crippen LogP contribution in [0.15, 0.2) is 48.5 Å². The highest BCUT2D eigenvalue weighted by atomic mass is 16.5. The quantitative estimate of drug-likeness (QED) is 0.270. The minimum absolute atomic E-state index is 0.165. The molecule has 0 aromatic heterocycles. The monoisotopic (exact) mass is 408 g/mol. The number of nitrogens with one attached hydrogen (secondary N) is 2. The maximum absolute atomic E-state index is 12.9. The molecule has 7 heteroatoms. The summed E-state index contributed by atoms with van der Waals surface area (Å²) in [5.74, 6) is 0.377. The van der Waals surface area contributed by atoms with Crippen molar-refractivity contribution in [3.63, 3.8) is 0 Å². The summed E-state index contributed by atoms with van der Waals surface area (Å²) in [4.78, 5) is 24.2. The number of amides is 2. The van der Waals surface area contributed by atoms with Gasteiger partial charge in [-0.2, -0.15) is 0 Å². The van der Waals surface area contributed by atoms with Crippen molar-refractivity contribution in [2.24, 2.45) is 0 Å². The zero-order valence-electron chi connectivity index (χ0n) is 16.8. The average molecular weight is 408 g/mol. The van der Waals surface area contributed by atoms with E-state index in [-0.39, 0.29) is 11.9 Å². The van der Waals surface area contributed by atoms with E-state index >= 15 is 0 Å². The molecule has 156 valence electrons. The maximum atomic E-state index is 12.9. The molecule has 7 nitrogen and oxygen atoms in total. The van der Waals surface area contributed by atoms with Gasteiger partial charge in [0.25, 0.3) is 11.8 Å². The predicted molar refractivity (Wildman–Crippen MR) is 114 cm³/mol. The molecule has 0 unspecified atom stereocenters. The number of hydroxylamine groups is 1. The third kappa shape index (κ3) is 5.48. The summed E-state index contributed by atoms with van der Waals surface area (Å²) in [6.07, 6.45) is 6.52. The fourth-order valence-corrected chi connectivity index (χ4v) is 2.90. The average Bonchev–Trinajstić information content (AvgIpc) is 3.59. The minimum Gasteiger partial charge on any atom is -0.493 e. The maximum Gasteiger partial charge on any atom is 0.267 e. The lowest BCUT2D eigenvalue weighted by atomic mass is 9.99. The molecule has 2 aromatic carbocycles. The lowest BCUT2D eigenvalue weighted by molar-refractivity contribution is -0.124. The van der Waals surface area contributed by atoms with Crippen molar-refractivity contribution in [3.8, 4) is 11.5 Å². The van der Waals surface area contributed by atoms with Gasteiger partial charge in [0.2, 0.25) is 0 Å². The van der Waals surface area contributed by atoms with Gasteiger partial charge in [0.1, 0.15) is 0 Å². The molecule has 1 fully saturated rings. The Morgan fingerprint density at radius 3 is 2.47 bits per heavy atom. The zero-order chi connectivity index (χ0) is 21.5. The predicted octanol–water partition coefficient (Wildman–Crippen LogP) is 3.04. The van der Waals surface area contributed by atoms with Crippen LogP contribution in [0.4, 0.5) is 0 Å². The molecular formula is C23H24N2O5. The van der Waals surface area contributed by atoms with E-state index in [0.717, 1.165) is 18.4 Å². The third-order valence-corrected chi connectivity index (χ3v) is 4.61. The summed E-state index contributed by atoms with van der Waals surface area (Å²) in [6, 6.07) is 12.9. The molecule has 0 spiro atoms. The van der Waals surface area contributed by atoms with Crippen LogP contribution in [0.5, 0.6) is 11.5 Å². The zero-order valence-corrected chi connectivity index (χ0v) is 16.8. The van der Waals surface area contributed by atoms with Gasteiger partial charge >= 0.3 is 0 Å². The Labute approximate surface area is 175 Å². The first kappa shape index (κ1) is 21.1. The summed E-state index contributed by atoms with van der Waals surface area (Å²) < 4.78 is 10.6. The number of rotatable bonds is 8. The van der Waals surface area contributed by atoms with E-state index in [0.29, 0.717) is 28.2 Å². The minimum atomic E-state index is -0.632. The van der Waals surface area contributed by atoms with Crippen LogP contribution in [0, 0.1) is 0 Å². The van der Waals surface area contributed by atoms with E-state index in [2.05, 4.69) is 5.32 Å². The van der Waals surface area contributed by atoms with Crippen molar-refractivity contribution in [1.82, 2.24) is 10.8 Å². The highest BCUT2D eigenvalue weighted by Crippen LogP contribution is 2.30. The van der Waals surface area contributed by atoms with Gasteiger partial charge in [-0.15, -0.1) is 0 Å². The Kier molecular flexibility index (Phi) is 6.87. The lowest BCUT2D eigenvalue weighted by Crippen LogP contribution is -2.26. The highest BCUT2D eigenvalue weighted by Gasteiger charge is 2.25. The summed E-state index contributed by atoms with van der Waals surface area (Å²) in [7, 11) is 3.13. The molecule has 1 saturated carbocycles. The molecule has 0 bridgehead atoms. The highest BCUT2D eigenvalue weighted by molar-refractivity contribution is 6.24. The van der Waals surface area contributed by atoms with Crippen molar-refractivity contribution in [2.45, 2.75) is 18.9 Å². The second-order valence-corrected chi connectivity index (χ2v) is 6.86. The molecule has 30 heavy (non-hydrogen) atoms. The van der Waals surface area contributed by atoms with E-state index in [1.807, 2.05) is 12.1 Å². The molecular weight excluding hydrogens is 384 g/mol. The molecule has 1 aliphatic carbocycles. The smallest absolute Gasteiger partial charge is 0.267 e. The first-order chi connectivity index (χ1) is 14.5. The third-order valence-electron chi connectivity index (χ3n) is 4.61. The summed E-state index contributed by atoms with van der Waals surface area (Å²) in [6.45, 7) is 0. The van der Waals surface area contributed by atoms with E-state index < -0.39 is 5.91 Å². The van der Waals surface area contributed by atoms with Gasteiger partial charge in [-0.1, -0.05) is 24.3 Å². The van der Waals surface area contributed by atoms with Crippen LogP contribution >= 0.6 is 0 Å². The van der Waals surface area contributed by atoms with Crippen molar-refractivity contribution < 1.29 is 24.3 Å². The second-order valence-electron chi connectivity index (χ2n) is 6.86. The largest absolute Gasteiger partial charge is 0.493 e. The summed E-state index contributed by atoms with van der Waals surface area (Å²) >= 11 is 0. The van der Waals surface area contributed by atoms with Gasteiger partial charge in [0, 0.05) is 17.7 Å². The van der Waals surface area contributed by atoms with Crippen LogP contribution in [0.2, 0.25) is 0 Å². The van der Waals surface area contributed by atoms with Gasteiger partial charge in [-0.25, -0.2) is 5.48 Å². The Bertz CT molecular complexity index is 993. The molecule has 3 N–H and O–H groups in total. The van der Waals surface area contributed by atoms with Crippen molar-refractivity contribution in [1.29, 1.82) is 0 Å². The van der Waals surface area contributed by atoms with Crippen molar-refractivity contribution in [2.75, 3.05) is 14.2 Å². The number of hydrogen-bond donors (Lipinski definition) is 3. The van der Waals surface area contributed by atoms with Crippen LogP contribution in [0.1, 0.15) is 29.5 Å². The SMILES string of the molecule is COc1ccc(C=C(C(=O)NC2CC2)c2cccc(C=CC(=O)NO)c2)cc1OC. The Balaban J connectivity index is 1.99. The van der Waals surface area contributed by atoms with Crippen molar-refractivity contribution >= 4 is 29.5 Å². The number of ether oxygens (including phenoxy) is 2. The number of carbonyl (C=O) groups is 2. The fraction of sp³-hybridized carbons (Fsp3) is 0.217. The van der Waals surface area contributed by atoms with Gasteiger partial charge < -0.3 is 14.8 Å². The molecule has 0 saturated heterocycles. The number of carbonyl (C=O) groups excluding carboxylic acids is 2. The van der Waals surface area contributed by atoms with E-state index in [1.54, 1.807) is 62.2 Å². The Morgan fingerprint density at radius 2 is 1.80 bits per heavy atom. The molecule has 0 radical (unpaired) electrons. The van der Waals surface area contributed by atoms with Gasteiger partial charge in [0.05, 0.1) is 14.2 Å². The first-order valence-electron chi connectivity index (χ1n) is 9.51. The van der Waals surface area contributed by atoms with Crippen LogP contribution in [0.3, 0.4) is 0 Å². The molecule has 0 atom stereocenters. The van der Waals surface area contributed by atoms with Gasteiger partial charge in [0.15, 0.2) is 11.5 Å². The van der Waals surface area contributed by atoms with E-state index in [4.69, 9.17) is 14.7 Å². The molecule has 1 aliphatic rings. The Morgan fingerprint density at radius 1 is 1.03 bits per heavy atom. The lowest BCUT2D eigenvalue weighted by Gasteiger charge is -2.11. The molecule has 2 aromatic rings. The van der Waals surface area contributed by atoms with Crippen LogP contribution in [-0.2, 0) is 9.59 Å². The van der Waals surface area contributed by atoms with E-state index in [1.165, 1.54) is 6.08 Å². The molecule has 0 aliphatic heterocycles.